The van der Waals surface area contributed by atoms with Crippen LogP contribution in [0.25, 0.3) is 22.4 Å². The molecule has 0 atom stereocenters. The van der Waals surface area contributed by atoms with E-state index < -0.39 is 0 Å². The highest BCUT2D eigenvalue weighted by Gasteiger charge is 2.16. The van der Waals surface area contributed by atoms with Gasteiger partial charge in [0.2, 0.25) is 0 Å². The van der Waals surface area contributed by atoms with E-state index in [1.54, 1.807) is 0 Å². The number of benzene rings is 1. The molecule has 1 aliphatic rings. The fourth-order valence-electron chi connectivity index (χ4n) is 4.53. The van der Waals surface area contributed by atoms with Crippen molar-refractivity contribution in [3.05, 3.63) is 41.0 Å². The van der Waals surface area contributed by atoms with Crippen LogP contribution < -0.4 is 0 Å². The number of hydrogen-bond donors (Lipinski definition) is 1. The summed E-state index contributed by atoms with van der Waals surface area (Å²) in [7, 11) is 2.23. The first-order chi connectivity index (χ1) is 14.0. The zero-order valence-electron chi connectivity index (χ0n) is 18.3. The normalized spacial score (nSPS) is 16.0. The summed E-state index contributed by atoms with van der Waals surface area (Å²) in [6.45, 7) is 8.80. The lowest BCUT2D eigenvalue weighted by molar-refractivity contribution is 0.209. The maximum atomic E-state index is 4.81. The summed E-state index contributed by atoms with van der Waals surface area (Å²) < 4.78 is 0. The number of nitrogens with zero attached hydrogens (tertiary/aromatic N) is 4. The van der Waals surface area contributed by atoms with Gasteiger partial charge in [0.15, 0.2) is 0 Å². The molecule has 2 aromatic heterocycles. The minimum atomic E-state index is 0.861. The zero-order valence-corrected chi connectivity index (χ0v) is 18.3. The van der Waals surface area contributed by atoms with Crippen molar-refractivity contribution in [2.24, 2.45) is 5.92 Å². The van der Waals surface area contributed by atoms with Crippen molar-refractivity contribution >= 4 is 11.0 Å². The average molecular weight is 392 g/mol. The maximum Gasteiger partial charge on any atom is 0.141 e. The van der Waals surface area contributed by atoms with E-state index >= 15 is 0 Å². The molecule has 1 fully saturated rings. The Morgan fingerprint density at radius 1 is 1.07 bits per heavy atom. The first-order valence-electron chi connectivity index (χ1n) is 11.0. The molecule has 0 spiro atoms. The predicted molar refractivity (Wildman–Crippen MR) is 119 cm³/mol. The van der Waals surface area contributed by atoms with Crippen LogP contribution in [0.5, 0.6) is 0 Å². The number of fused-ring (bicyclic) bond motifs is 1. The summed E-state index contributed by atoms with van der Waals surface area (Å²) >= 11 is 0. The van der Waals surface area contributed by atoms with Gasteiger partial charge in [-0.05, 0) is 83.3 Å². The summed E-state index contributed by atoms with van der Waals surface area (Å²) in [4.78, 5) is 20.1. The lowest BCUT2D eigenvalue weighted by Crippen LogP contribution is -2.30. The van der Waals surface area contributed by atoms with Crippen molar-refractivity contribution in [3.8, 4) is 11.4 Å². The van der Waals surface area contributed by atoms with Gasteiger partial charge < -0.3 is 9.88 Å². The Morgan fingerprint density at radius 2 is 1.86 bits per heavy atom. The third-order valence-electron chi connectivity index (χ3n) is 6.31. The number of nitrogens with one attached hydrogen (secondary N) is 1. The standard InChI is InChI=1S/C24H33N5/c1-16-13-17(2)23-21(14-16)27-24(28-23)20-15-25-22(26-18(20)3)8-6-5-7-19-9-11-29(4)12-10-19/h13-15,19H,5-12H2,1-4H3,(H,27,28). The van der Waals surface area contributed by atoms with Crippen LogP contribution in [0, 0.1) is 26.7 Å². The quantitative estimate of drug-likeness (QED) is 0.601. The van der Waals surface area contributed by atoms with Crippen LogP contribution in [-0.4, -0.2) is 45.0 Å². The number of aromatic nitrogens is 4. The van der Waals surface area contributed by atoms with Crippen LogP contribution in [0.1, 0.15) is 54.7 Å². The number of piperidine rings is 1. The molecular formula is C24H33N5. The lowest BCUT2D eigenvalue weighted by atomic mass is 9.91. The highest BCUT2D eigenvalue weighted by molar-refractivity contribution is 5.83. The highest BCUT2D eigenvalue weighted by Crippen LogP contribution is 2.25. The largest absolute Gasteiger partial charge is 0.338 e. The third-order valence-corrected chi connectivity index (χ3v) is 6.31. The van der Waals surface area contributed by atoms with Gasteiger partial charge in [0.25, 0.3) is 0 Å². The Labute approximate surface area is 174 Å². The molecule has 1 N–H and O–H groups in total. The molecule has 4 rings (SSSR count). The van der Waals surface area contributed by atoms with Gasteiger partial charge in [-0.1, -0.05) is 18.9 Å². The Bertz CT molecular complexity index is 982. The molecule has 29 heavy (non-hydrogen) atoms. The Morgan fingerprint density at radius 3 is 2.62 bits per heavy atom. The van der Waals surface area contributed by atoms with E-state index in [1.807, 2.05) is 6.20 Å². The van der Waals surface area contributed by atoms with Gasteiger partial charge in [0.1, 0.15) is 11.6 Å². The van der Waals surface area contributed by atoms with E-state index in [-0.39, 0.29) is 0 Å². The van der Waals surface area contributed by atoms with Crippen molar-refractivity contribution in [2.75, 3.05) is 20.1 Å². The fourth-order valence-corrected chi connectivity index (χ4v) is 4.53. The van der Waals surface area contributed by atoms with Crippen molar-refractivity contribution in [3.63, 3.8) is 0 Å². The van der Waals surface area contributed by atoms with Crippen LogP contribution in [0.3, 0.4) is 0 Å². The lowest BCUT2D eigenvalue weighted by Gasteiger charge is -2.28. The van der Waals surface area contributed by atoms with E-state index in [9.17, 15) is 0 Å². The van der Waals surface area contributed by atoms with Crippen molar-refractivity contribution in [2.45, 2.75) is 59.3 Å². The van der Waals surface area contributed by atoms with Gasteiger partial charge in [-0.25, -0.2) is 15.0 Å². The fraction of sp³-hybridized carbons (Fsp3) is 0.542. The molecule has 0 radical (unpaired) electrons. The number of hydrogen-bond acceptors (Lipinski definition) is 4. The molecule has 0 aliphatic carbocycles. The first kappa shape index (κ1) is 20.0. The minimum Gasteiger partial charge on any atom is -0.338 e. The summed E-state index contributed by atoms with van der Waals surface area (Å²) in [5, 5.41) is 0. The molecule has 1 aromatic carbocycles. The minimum absolute atomic E-state index is 0.861. The number of unbranched alkanes of at least 4 members (excludes halogenated alkanes) is 1. The van der Waals surface area contributed by atoms with E-state index in [1.165, 1.54) is 56.3 Å². The van der Waals surface area contributed by atoms with Crippen molar-refractivity contribution < 1.29 is 0 Å². The number of H-pyrrole nitrogens is 1. The van der Waals surface area contributed by atoms with Crippen LogP contribution in [0.4, 0.5) is 0 Å². The number of aromatic amines is 1. The second-order valence-electron chi connectivity index (χ2n) is 8.84. The molecule has 5 nitrogen and oxygen atoms in total. The molecule has 0 amide bonds. The third kappa shape index (κ3) is 4.67. The smallest absolute Gasteiger partial charge is 0.141 e. The molecule has 154 valence electrons. The molecule has 5 heteroatoms. The van der Waals surface area contributed by atoms with E-state index in [4.69, 9.17) is 9.97 Å². The number of likely N-dealkylation sites (tertiary alicyclic amines) is 1. The Balaban J connectivity index is 1.37. The second kappa shape index (κ2) is 8.62. The van der Waals surface area contributed by atoms with Gasteiger partial charge in [-0.2, -0.15) is 0 Å². The molecule has 1 saturated heterocycles. The van der Waals surface area contributed by atoms with Crippen LogP contribution in [0.2, 0.25) is 0 Å². The van der Waals surface area contributed by atoms with Gasteiger partial charge in [-0.15, -0.1) is 0 Å². The molecule has 0 unspecified atom stereocenters. The SMILES string of the molecule is Cc1cc(C)c2nc(-c3cnc(CCCCC4CCN(C)CC4)nc3C)[nH]c2c1. The number of aryl methyl sites for hydroxylation is 4. The zero-order chi connectivity index (χ0) is 20.4. The van der Waals surface area contributed by atoms with Crippen LogP contribution in [0.15, 0.2) is 18.3 Å². The first-order valence-corrected chi connectivity index (χ1v) is 11.0. The average Bonchev–Trinajstić information content (AvgIpc) is 3.11. The van der Waals surface area contributed by atoms with Gasteiger partial charge >= 0.3 is 0 Å². The number of rotatable bonds is 6. The highest BCUT2D eigenvalue weighted by atomic mass is 15.1. The second-order valence-corrected chi connectivity index (χ2v) is 8.84. The topological polar surface area (TPSA) is 57.7 Å². The molecule has 0 saturated carbocycles. The van der Waals surface area contributed by atoms with E-state index in [2.05, 4.69) is 54.8 Å². The summed E-state index contributed by atoms with van der Waals surface area (Å²) in [5.74, 6) is 2.73. The molecule has 1 aliphatic heterocycles. The van der Waals surface area contributed by atoms with Crippen molar-refractivity contribution in [1.29, 1.82) is 0 Å². The molecule has 3 aromatic rings. The summed E-state index contributed by atoms with van der Waals surface area (Å²) in [6, 6.07) is 4.32. The van der Waals surface area contributed by atoms with Crippen LogP contribution in [-0.2, 0) is 6.42 Å². The van der Waals surface area contributed by atoms with Gasteiger partial charge in [0, 0.05) is 12.6 Å². The number of imidazole rings is 1. The van der Waals surface area contributed by atoms with E-state index in [0.717, 1.165) is 46.3 Å². The Hall–Kier alpha value is -2.27. The predicted octanol–water partition coefficient (Wildman–Crippen LogP) is 5.00. The monoisotopic (exact) mass is 391 g/mol. The van der Waals surface area contributed by atoms with Crippen LogP contribution >= 0.6 is 0 Å². The van der Waals surface area contributed by atoms with E-state index in [0.29, 0.717) is 0 Å². The molecule has 3 heterocycles. The summed E-state index contributed by atoms with van der Waals surface area (Å²) in [5.41, 5.74) is 6.54. The maximum absolute atomic E-state index is 4.81. The molecular weight excluding hydrogens is 358 g/mol. The summed E-state index contributed by atoms with van der Waals surface area (Å²) in [6.07, 6.45) is 9.42. The molecule has 0 bridgehead atoms. The van der Waals surface area contributed by atoms with Gasteiger partial charge in [-0.3, -0.25) is 0 Å². The Kier molecular flexibility index (Phi) is 5.95. The van der Waals surface area contributed by atoms with Gasteiger partial charge in [0.05, 0.1) is 22.3 Å². The van der Waals surface area contributed by atoms with Crippen molar-refractivity contribution in [1.82, 2.24) is 24.8 Å².